The van der Waals surface area contributed by atoms with Crippen molar-refractivity contribution in [1.29, 1.82) is 0 Å². The number of hydrogen-bond acceptors (Lipinski definition) is 1. The first kappa shape index (κ1) is 10.8. The van der Waals surface area contributed by atoms with Crippen LogP contribution in [0.3, 0.4) is 0 Å². The maximum absolute atomic E-state index is 11.2. The molecule has 1 N–H and O–H groups in total. The van der Waals surface area contributed by atoms with Gasteiger partial charge in [-0.3, -0.25) is 4.79 Å². The lowest BCUT2D eigenvalue weighted by Crippen LogP contribution is -2.14. The van der Waals surface area contributed by atoms with Gasteiger partial charge in [0.15, 0.2) is 0 Å². The summed E-state index contributed by atoms with van der Waals surface area (Å²) in [6, 6.07) is 5.09. The SMILES string of the molecule is O=C(O)C(c1c(Cl)cccc1Cl)C1CC1. The van der Waals surface area contributed by atoms with Crippen LogP contribution in [0.2, 0.25) is 10.0 Å². The molecule has 1 atom stereocenters. The fourth-order valence-electron chi connectivity index (χ4n) is 1.80. The molecule has 2 nitrogen and oxygen atoms in total. The Morgan fingerprint density at radius 3 is 2.27 bits per heavy atom. The summed E-state index contributed by atoms with van der Waals surface area (Å²) in [5.41, 5.74) is 0.566. The van der Waals surface area contributed by atoms with Crippen molar-refractivity contribution in [1.82, 2.24) is 0 Å². The number of carboxylic acids is 1. The molecule has 0 radical (unpaired) electrons. The molecule has 0 aliphatic heterocycles. The molecule has 2 rings (SSSR count). The summed E-state index contributed by atoms with van der Waals surface area (Å²) < 4.78 is 0. The molecule has 15 heavy (non-hydrogen) atoms. The summed E-state index contributed by atoms with van der Waals surface area (Å²) in [5.74, 6) is -1.20. The van der Waals surface area contributed by atoms with Gasteiger partial charge in [0, 0.05) is 15.6 Å². The number of benzene rings is 1. The van der Waals surface area contributed by atoms with Crippen LogP contribution in [0.15, 0.2) is 18.2 Å². The van der Waals surface area contributed by atoms with Crippen LogP contribution in [0, 0.1) is 5.92 Å². The van der Waals surface area contributed by atoms with E-state index in [9.17, 15) is 4.79 Å². The number of halogens is 2. The van der Waals surface area contributed by atoms with Gasteiger partial charge >= 0.3 is 5.97 Å². The summed E-state index contributed by atoms with van der Waals surface area (Å²) in [6.07, 6.45) is 1.89. The van der Waals surface area contributed by atoms with Gasteiger partial charge < -0.3 is 5.11 Å². The standard InChI is InChI=1S/C11H10Cl2O2/c12-7-2-1-3-8(13)10(7)9(11(14)15)6-4-5-6/h1-3,6,9H,4-5H2,(H,14,15). The molecule has 0 aromatic heterocycles. The Morgan fingerprint density at radius 2 is 1.87 bits per heavy atom. The second kappa shape index (κ2) is 4.03. The van der Waals surface area contributed by atoms with Crippen LogP contribution in [0.1, 0.15) is 24.3 Å². The Labute approximate surface area is 97.8 Å². The highest BCUT2D eigenvalue weighted by Gasteiger charge is 2.39. The van der Waals surface area contributed by atoms with Crippen molar-refractivity contribution in [3.8, 4) is 0 Å². The van der Waals surface area contributed by atoms with Crippen LogP contribution >= 0.6 is 23.2 Å². The summed E-state index contributed by atoms with van der Waals surface area (Å²) in [6.45, 7) is 0. The zero-order valence-corrected chi connectivity index (χ0v) is 9.42. The smallest absolute Gasteiger partial charge is 0.311 e. The number of hydrogen-bond donors (Lipinski definition) is 1. The minimum atomic E-state index is -0.840. The van der Waals surface area contributed by atoms with Gasteiger partial charge in [-0.05, 0) is 30.9 Å². The van der Waals surface area contributed by atoms with E-state index in [4.69, 9.17) is 28.3 Å². The molecule has 1 aromatic carbocycles. The maximum atomic E-state index is 11.2. The van der Waals surface area contributed by atoms with Gasteiger partial charge in [0.1, 0.15) is 0 Å². The fourth-order valence-corrected chi connectivity index (χ4v) is 2.43. The van der Waals surface area contributed by atoms with Crippen LogP contribution in [0.4, 0.5) is 0 Å². The molecule has 1 aliphatic rings. The highest BCUT2D eigenvalue weighted by Crippen LogP contribution is 2.46. The van der Waals surface area contributed by atoms with Gasteiger partial charge in [0.25, 0.3) is 0 Å². The first-order valence-corrected chi connectivity index (χ1v) is 5.53. The minimum Gasteiger partial charge on any atom is -0.481 e. The molecule has 1 unspecified atom stereocenters. The third-order valence-corrected chi connectivity index (χ3v) is 3.33. The fraction of sp³-hybridized carbons (Fsp3) is 0.364. The van der Waals surface area contributed by atoms with Gasteiger partial charge in [0.05, 0.1) is 5.92 Å². The minimum absolute atomic E-state index is 0.194. The van der Waals surface area contributed by atoms with Crippen LogP contribution in [0.25, 0.3) is 0 Å². The molecular weight excluding hydrogens is 235 g/mol. The quantitative estimate of drug-likeness (QED) is 0.883. The van der Waals surface area contributed by atoms with Crippen molar-refractivity contribution in [2.24, 2.45) is 5.92 Å². The first-order valence-electron chi connectivity index (χ1n) is 4.78. The van der Waals surface area contributed by atoms with E-state index in [0.29, 0.717) is 15.6 Å². The Morgan fingerprint density at radius 1 is 1.33 bits per heavy atom. The van der Waals surface area contributed by atoms with Crippen LogP contribution in [0.5, 0.6) is 0 Å². The molecule has 0 bridgehead atoms. The molecular formula is C11H10Cl2O2. The predicted molar refractivity (Wildman–Crippen MR) is 59.6 cm³/mol. The van der Waals surface area contributed by atoms with Crippen molar-refractivity contribution in [2.75, 3.05) is 0 Å². The molecule has 80 valence electrons. The summed E-state index contributed by atoms with van der Waals surface area (Å²) in [7, 11) is 0. The number of carbonyl (C=O) groups is 1. The van der Waals surface area contributed by atoms with Crippen molar-refractivity contribution in [3.05, 3.63) is 33.8 Å². The normalized spacial score (nSPS) is 17.5. The largest absolute Gasteiger partial charge is 0.481 e. The number of carboxylic acid groups (broad SMARTS) is 1. The van der Waals surface area contributed by atoms with Crippen molar-refractivity contribution in [3.63, 3.8) is 0 Å². The molecule has 1 fully saturated rings. The zero-order chi connectivity index (χ0) is 11.0. The van der Waals surface area contributed by atoms with Crippen molar-refractivity contribution in [2.45, 2.75) is 18.8 Å². The Balaban J connectivity index is 2.45. The average molecular weight is 245 g/mol. The Bertz CT molecular complexity index is 379. The predicted octanol–water partition coefficient (Wildman–Crippen LogP) is 3.57. The second-order valence-electron chi connectivity index (χ2n) is 3.79. The molecule has 1 aromatic rings. The lowest BCUT2D eigenvalue weighted by molar-refractivity contribution is -0.139. The van der Waals surface area contributed by atoms with Gasteiger partial charge in [-0.1, -0.05) is 29.3 Å². The summed E-state index contributed by atoms with van der Waals surface area (Å²) >= 11 is 12.0. The summed E-state index contributed by atoms with van der Waals surface area (Å²) in [5, 5.41) is 10.1. The highest BCUT2D eigenvalue weighted by atomic mass is 35.5. The van der Waals surface area contributed by atoms with Gasteiger partial charge in [0.2, 0.25) is 0 Å². The van der Waals surface area contributed by atoms with E-state index < -0.39 is 11.9 Å². The van der Waals surface area contributed by atoms with E-state index in [1.54, 1.807) is 18.2 Å². The first-order chi connectivity index (χ1) is 7.11. The van der Waals surface area contributed by atoms with Crippen LogP contribution in [-0.2, 0) is 4.79 Å². The molecule has 0 heterocycles. The highest BCUT2D eigenvalue weighted by molar-refractivity contribution is 6.36. The molecule has 1 saturated carbocycles. The number of rotatable bonds is 3. The van der Waals surface area contributed by atoms with E-state index in [-0.39, 0.29) is 5.92 Å². The van der Waals surface area contributed by atoms with E-state index in [1.807, 2.05) is 0 Å². The van der Waals surface area contributed by atoms with E-state index in [1.165, 1.54) is 0 Å². The average Bonchev–Trinajstić information content (AvgIpc) is 2.94. The molecule has 4 heteroatoms. The van der Waals surface area contributed by atoms with Crippen LogP contribution in [-0.4, -0.2) is 11.1 Å². The van der Waals surface area contributed by atoms with Gasteiger partial charge in [-0.15, -0.1) is 0 Å². The molecule has 0 saturated heterocycles. The zero-order valence-electron chi connectivity index (χ0n) is 7.91. The monoisotopic (exact) mass is 244 g/mol. The van der Waals surface area contributed by atoms with Crippen LogP contribution < -0.4 is 0 Å². The van der Waals surface area contributed by atoms with Crippen molar-refractivity contribution >= 4 is 29.2 Å². The van der Waals surface area contributed by atoms with Gasteiger partial charge in [-0.25, -0.2) is 0 Å². The third-order valence-electron chi connectivity index (χ3n) is 2.67. The van der Waals surface area contributed by atoms with E-state index in [0.717, 1.165) is 12.8 Å². The van der Waals surface area contributed by atoms with E-state index >= 15 is 0 Å². The van der Waals surface area contributed by atoms with Crippen molar-refractivity contribution < 1.29 is 9.90 Å². The maximum Gasteiger partial charge on any atom is 0.311 e. The summed E-state index contributed by atoms with van der Waals surface area (Å²) in [4.78, 5) is 11.2. The molecule has 1 aliphatic carbocycles. The second-order valence-corrected chi connectivity index (χ2v) is 4.60. The molecule has 0 amide bonds. The lowest BCUT2D eigenvalue weighted by atomic mass is 9.94. The number of aliphatic carboxylic acids is 1. The topological polar surface area (TPSA) is 37.3 Å². The van der Waals surface area contributed by atoms with E-state index in [2.05, 4.69) is 0 Å². The Hall–Kier alpha value is -0.730. The third kappa shape index (κ3) is 2.11. The van der Waals surface area contributed by atoms with Gasteiger partial charge in [-0.2, -0.15) is 0 Å². The lowest BCUT2D eigenvalue weighted by Gasteiger charge is -2.14. The molecule has 0 spiro atoms. The Kier molecular flexibility index (Phi) is 2.89.